The summed E-state index contributed by atoms with van der Waals surface area (Å²) in [6, 6.07) is 17.2. The maximum atomic E-state index is 12.6. The number of carbonyl (C=O) groups is 1. The minimum Gasteiger partial charge on any atom is -0.483 e. The highest BCUT2D eigenvalue weighted by Crippen LogP contribution is 2.33. The number of nitrogens with one attached hydrogen (secondary N) is 1. The van der Waals surface area contributed by atoms with Crippen LogP contribution in [-0.2, 0) is 11.2 Å². The summed E-state index contributed by atoms with van der Waals surface area (Å²) in [5.41, 5.74) is 6.02. The molecule has 0 aliphatic rings. The van der Waals surface area contributed by atoms with Gasteiger partial charge in [-0.05, 0) is 72.4 Å². The Bertz CT molecular complexity index is 1310. The summed E-state index contributed by atoms with van der Waals surface area (Å²) < 4.78 is 11.8. The minimum atomic E-state index is -0.260. The van der Waals surface area contributed by atoms with Gasteiger partial charge in [0.1, 0.15) is 11.3 Å². The number of nitrogens with zero attached hydrogens (tertiary/aromatic N) is 1. The highest BCUT2D eigenvalue weighted by molar-refractivity contribution is 6.33. The van der Waals surface area contributed by atoms with Crippen molar-refractivity contribution in [1.82, 2.24) is 4.98 Å². The van der Waals surface area contributed by atoms with E-state index in [1.54, 1.807) is 18.2 Å². The smallest absolute Gasteiger partial charge is 0.262 e. The van der Waals surface area contributed by atoms with Crippen LogP contribution in [-0.4, -0.2) is 17.5 Å². The lowest BCUT2D eigenvalue weighted by atomic mass is 10.0. The lowest BCUT2D eigenvalue weighted by molar-refractivity contribution is -0.118. The van der Waals surface area contributed by atoms with Gasteiger partial charge in [-0.3, -0.25) is 4.79 Å². The van der Waals surface area contributed by atoms with Gasteiger partial charge in [-0.25, -0.2) is 4.98 Å². The molecule has 1 N–H and O–H groups in total. The van der Waals surface area contributed by atoms with E-state index in [1.165, 1.54) is 5.56 Å². The fourth-order valence-corrected chi connectivity index (χ4v) is 3.86. The van der Waals surface area contributed by atoms with Crippen molar-refractivity contribution in [2.24, 2.45) is 0 Å². The third-order valence-corrected chi connectivity index (χ3v) is 5.82. The Morgan fingerprint density at radius 3 is 2.70 bits per heavy atom. The summed E-state index contributed by atoms with van der Waals surface area (Å²) >= 11 is 6.42. The standard InChI is InChI=1S/C27H27ClN2O3/c1-5-18-7-11-24-23(13-18)30-27(33-24)21-14-19(8-10-22(21)28)29-26(31)15-32-25-12-17(4)6-9-20(25)16(2)3/h6-14,16H,5,15H2,1-4H3,(H,29,31). The largest absolute Gasteiger partial charge is 0.483 e. The van der Waals surface area contributed by atoms with Gasteiger partial charge < -0.3 is 14.5 Å². The third kappa shape index (κ3) is 5.20. The van der Waals surface area contributed by atoms with Crippen molar-refractivity contribution in [3.05, 3.63) is 76.3 Å². The molecule has 0 bridgehead atoms. The second-order valence-electron chi connectivity index (χ2n) is 8.40. The summed E-state index contributed by atoms with van der Waals surface area (Å²) in [5.74, 6) is 1.18. The van der Waals surface area contributed by atoms with Crippen LogP contribution in [0.5, 0.6) is 5.75 Å². The average Bonchev–Trinajstić information content (AvgIpc) is 3.21. The maximum Gasteiger partial charge on any atom is 0.262 e. The number of rotatable bonds is 7. The number of hydrogen-bond donors (Lipinski definition) is 1. The van der Waals surface area contributed by atoms with Crippen LogP contribution in [0.2, 0.25) is 5.02 Å². The van der Waals surface area contributed by atoms with Crippen LogP contribution in [0.15, 0.2) is 59.0 Å². The van der Waals surface area contributed by atoms with Crippen molar-refractivity contribution >= 4 is 34.3 Å². The van der Waals surface area contributed by atoms with Gasteiger partial charge in [0, 0.05) is 5.69 Å². The van der Waals surface area contributed by atoms with Gasteiger partial charge in [0.2, 0.25) is 5.89 Å². The minimum absolute atomic E-state index is 0.0934. The van der Waals surface area contributed by atoms with E-state index < -0.39 is 0 Å². The van der Waals surface area contributed by atoms with Crippen molar-refractivity contribution in [2.45, 2.75) is 40.0 Å². The van der Waals surface area contributed by atoms with Gasteiger partial charge in [0.05, 0.1) is 10.6 Å². The van der Waals surface area contributed by atoms with Crippen LogP contribution < -0.4 is 10.1 Å². The van der Waals surface area contributed by atoms with Crippen molar-refractivity contribution in [3.8, 4) is 17.2 Å². The van der Waals surface area contributed by atoms with Gasteiger partial charge in [0.15, 0.2) is 12.2 Å². The van der Waals surface area contributed by atoms with Crippen LogP contribution in [0.25, 0.3) is 22.6 Å². The average molecular weight is 463 g/mol. The monoisotopic (exact) mass is 462 g/mol. The van der Waals surface area contributed by atoms with Gasteiger partial charge in [0.25, 0.3) is 5.91 Å². The van der Waals surface area contributed by atoms with E-state index in [9.17, 15) is 4.79 Å². The Balaban J connectivity index is 1.50. The molecule has 5 nitrogen and oxygen atoms in total. The van der Waals surface area contributed by atoms with E-state index in [4.69, 9.17) is 20.8 Å². The predicted molar refractivity (Wildman–Crippen MR) is 133 cm³/mol. The molecule has 0 atom stereocenters. The molecule has 170 valence electrons. The topological polar surface area (TPSA) is 64.4 Å². The zero-order chi connectivity index (χ0) is 23.5. The highest BCUT2D eigenvalue weighted by atomic mass is 35.5. The normalized spacial score (nSPS) is 11.2. The van der Waals surface area contributed by atoms with Crippen LogP contribution in [0.4, 0.5) is 5.69 Å². The molecular formula is C27H27ClN2O3. The maximum absolute atomic E-state index is 12.6. The Morgan fingerprint density at radius 2 is 1.94 bits per heavy atom. The summed E-state index contributed by atoms with van der Waals surface area (Å²) in [7, 11) is 0. The van der Waals surface area contributed by atoms with Gasteiger partial charge in [-0.2, -0.15) is 0 Å². The van der Waals surface area contributed by atoms with Gasteiger partial charge in [-0.1, -0.05) is 50.6 Å². The molecule has 33 heavy (non-hydrogen) atoms. The first kappa shape index (κ1) is 22.9. The number of aromatic nitrogens is 1. The third-order valence-electron chi connectivity index (χ3n) is 5.49. The molecule has 4 aromatic rings. The Hall–Kier alpha value is -3.31. The van der Waals surface area contributed by atoms with Crippen molar-refractivity contribution in [3.63, 3.8) is 0 Å². The molecule has 0 saturated heterocycles. The molecule has 0 radical (unpaired) electrons. The van der Waals surface area contributed by atoms with E-state index in [0.29, 0.717) is 33.7 Å². The fourth-order valence-electron chi connectivity index (χ4n) is 3.66. The Labute approximate surface area is 198 Å². The van der Waals surface area contributed by atoms with Crippen LogP contribution >= 0.6 is 11.6 Å². The van der Waals surface area contributed by atoms with Gasteiger partial charge in [-0.15, -0.1) is 0 Å². The summed E-state index contributed by atoms with van der Waals surface area (Å²) in [5, 5.41) is 3.37. The first-order valence-corrected chi connectivity index (χ1v) is 11.4. The fraction of sp³-hybridized carbons (Fsp3) is 0.259. The number of oxazole rings is 1. The van der Waals surface area contributed by atoms with E-state index in [0.717, 1.165) is 28.8 Å². The number of fused-ring (bicyclic) bond motifs is 1. The first-order chi connectivity index (χ1) is 15.8. The van der Waals surface area contributed by atoms with E-state index >= 15 is 0 Å². The molecule has 4 rings (SSSR count). The van der Waals surface area contributed by atoms with Crippen LogP contribution in [0, 0.1) is 6.92 Å². The van der Waals surface area contributed by atoms with E-state index in [2.05, 4.69) is 31.1 Å². The molecular weight excluding hydrogens is 436 g/mol. The first-order valence-electron chi connectivity index (χ1n) is 11.1. The van der Waals surface area contributed by atoms with E-state index in [-0.39, 0.29) is 12.5 Å². The molecule has 1 amide bonds. The zero-order valence-corrected chi connectivity index (χ0v) is 20.0. The molecule has 0 unspecified atom stereocenters. The number of hydrogen-bond acceptors (Lipinski definition) is 4. The van der Waals surface area contributed by atoms with Gasteiger partial charge >= 0.3 is 0 Å². The molecule has 1 aromatic heterocycles. The SMILES string of the molecule is CCc1ccc2oc(-c3cc(NC(=O)COc4cc(C)ccc4C(C)C)ccc3Cl)nc2c1. The van der Waals surface area contributed by atoms with Crippen LogP contribution in [0.3, 0.4) is 0 Å². The number of carbonyl (C=O) groups excluding carboxylic acids is 1. The van der Waals surface area contributed by atoms with Crippen molar-refractivity contribution in [1.29, 1.82) is 0 Å². The lowest BCUT2D eigenvalue weighted by Gasteiger charge is -2.15. The number of halogens is 1. The summed E-state index contributed by atoms with van der Waals surface area (Å²) in [4.78, 5) is 17.2. The lowest BCUT2D eigenvalue weighted by Crippen LogP contribution is -2.20. The quantitative estimate of drug-likeness (QED) is 0.316. The van der Waals surface area contributed by atoms with Crippen LogP contribution in [0.1, 0.15) is 43.4 Å². The summed E-state index contributed by atoms with van der Waals surface area (Å²) in [6.45, 7) is 8.20. The number of amides is 1. The van der Waals surface area contributed by atoms with Crippen molar-refractivity contribution < 1.29 is 13.9 Å². The molecule has 0 aliphatic heterocycles. The number of aryl methyl sites for hydroxylation is 2. The number of benzene rings is 3. The second kappa shape index (κ2) is 9.67. The van der Waals surface area contributed by atoms with E-state index in [1.807, 2.05) is 43.3 Å². The highest BCUT2D eigenvalue weighted by Gasteiger charge is 2.15. The Kier molecular flexibility index (Phi) is 6.70. The molecule has 1 heterocycles. The Morgan fingerprint density at radius 1 is 1.12 bits per heavy atom. The summed E-state index contributed by atoms with van der Waals surface area (Å²) in [6.07, 6.45) is 0.920. The predicted octanol–water partition coefficient (Wildman–Crippen LogP) is 7.16. The molecule has 0 fully saturated rings. The number of ether oxygens (including phenoxy) is 1. The number of anilines is 1. The van der Waals surface area contributed by atoms with Crippen molar-refractivity contribution in [2.75, 3.05) is 11.9 Å². The zero-order valence-electron chi connectivity index (χ0n) is 19.2. The molecule has 0 spiro atoms. The molecule has 0 aliphatic carbocycles. The second-order valence-corrected chi connectivity index (χ2v) is 8.81. The molecule has 6 heteroatoms. The molecule has 0 saturated carbocycles. The molecule has 3 aromatic carbocycles.